The van der Waals surface area contributed by atoms with E-state index in [-0.39, 0.29) is 5.91 Å². The number of hydrogen-bond acceptors (Lipinski definition) is 4. The van der Waals surface area contributed by atoms with E-state index in [1.54, 1.807) is 30.0 Å². The lowest BCUT2D eigenvalue weighted by atomic mass is 10.2. The molecule has 1 atom stereocenters. The molecule has 6 nitrogen and oxygen atoms in total. The molecule has 0 aliphatic carbocycles. The van der Waals surface area contributed by atoms with Gasteiger partial charge in [-0.05, 0) is 36.8 Å². The zero-order valence-electron chi connectivity index (χ0n) is 13.4. The maximum atomic E-state index is 12.8. The van der Waals surface area contributed by atoms with Gasteiger partial charge < -0.3 is 10.1 Å². The Hall–Kier alpha value is -2.60. The molecule has 1 N–H and O–H groups in total. The number of nitrogens with one attached hydrogen (secondary N) is 1. The average molecular weight is 345 g/mol. The van der Waals surface area contributed by atoms with Gasteiger partial charge in [-0.3, -0.25) is 4.79 Å². The molecule has 24 heavy (non-hydrogen) atoms. The number of benzene rings is 2. The number of anilines is 1. The molecule has 0 aliphatic heterocycles. The minimum atomic E-state index is -0.485. The number of aromatic nitrogens is 3. The Balaban J connectivity index is 1.91. The summed E-state index contributed by atoms with van der Waals surface area (Å²) in [7, 11) is 1.54. The number of rotatable bonds is 5. The molecule has 3 aromatic rings. The number of methoxy groups -OCH3 is 1. The lowest BCUT2D eigenvalue weighted by Crippen LogP contribution is -2.26. The molecule has 3 rings (SSSR count). The van der Waals surface area contributed by atoms with Crippen LogP contribution in [0.1, 0.15) is 19.4 Å². The number of para-hydroxylation sites is 1. The third-order valence-electron chi connectivity index (χ3n) is 3.78. The SMILES string of the molecule is CCC(C(=O)Nc1cc(Cl)ccc1OC)n1nnc2ccccc21. The van der Waals surface area contributed by atoms with Crippen molar-refractivity contribution in [2.24, 2.45) is 0 Å². The van der Waals surface area contributed by atoms with Crippen LogP contribution in [0.25, 0.3) is 11.0 Å². The van der Waals surface area contributed by atoms with E-state index in [0.29, 0.717) is 22.9 Å². The monoisotopic (exact) mass is 344 g/mol. The lowest BCUT2D eigenvalue weighted by Gasteiger charge is -2.17. The summed E-state index contributed by atoms with van der Waals surface area (Å²) in [6, 6.07) is 12.1. The summed E-state index contributed by atoms with van der Waals surface area (Å²) in [6.45, 7) is 1.93. The molecule has 0 spiro atoms. The van der Waals surface area contributed by atoms with E-state index in [0.717, 1.165) is 11.0 Å². The molecule has 0 saturated carbocycles. The number of nitrogens with zero attached hydrogens (tertiary/aromatic N) is 3. The van der Waals surface area contributed by atoms with E-state index in [9.17, 15) is 4.79 Å². The number of amides is 1. The Kier molecular flexibility index (Phi) is 4.66. The van der Waals surface area contributed by atoms with Crippen LogP contribution in [0.15, 0.2) is 42.5 Å². The smallest absolute Gasteiger partial charge is 0.249 e. The van der Waals surface area contributed by atoms with Gasteiger partial charge in [-0.2, -0.15) is 0 Å². The molecule has 1 amide bonds. The number of fused-ring (bicyclic) bond motifs is 1. The third-order valence-corrected chi connectivity index (χ3v) is 4.02. The zero-order valence-corrected chi connectivity index (χ0v) is 14.1. The van der Waals surface area contributed by atoms with Crippen LogP contribution in [0.4, 0.5) is 5.69 Å². The Morgan fingerprint density at radius 1 is 1.33 bits per heavy atom. The van der Waals surface area contributed by atoms with Crippen molar-refractivity contribution in [2.45, 2.75) is 19.4 Å². The van der Waals surface area contributed by atoms with Gasteiger partial charge in [0.05, 0.1) is 18.3 Å². The van der Waals surface area contributed by atoms with E-state index in [2.05, 4.69) is 15.6 Å². The number of carbonyl (C=O) groups excluding carboxylic acids is 1. The van der Waals surface area contributed by atoms with Crippen LogP contribution in [0.2, 0.25) is 5.02 Å². The standard InChI is InChI=1S/C17H17ClN4O2/c1-3-14(22-15-7-5-4-6-12(15)20-21-22)17(23)19-13-10-11(18)8-9-16(13)24-2/h4-10,14H,3H2,1-2H3,(H,19,23). The molecule has 1 heterocycles. The van der Waals surface area contributed by atoms with E-state index in [4.69, 9.17) is 16.3 Å². The van der Waals surface area contributed by atoms with Crippen molar-refractivity contribution in [2.75, 3.05) is 12.4 Å². The fourth-order valence-corrected chi connectivity index (χ4v) is 2.75. The van der Waals surface area contributed by atoms with Crippen LogP contribution in [0.5, 0.6) is 5.75 Å². The second kappa shape index (κ2) is 6.88. The predicted molar refractivity (Wildman–Crippen MR) is 93.5 cm³/mol. The fourth-order valence-electron chi connectivity index (χ4n) is 2.58. The maximum Gasteiger partial charge on any atom is 0.249 e. The predicted octanol–water partition coefficient (Wildman–Crippen LogP) is 3.68. The normalized spacial score (nSPS) is 12.1. The second-order valence-corrected chi connectivity index (χ2v) is 5.72. The van der Waals surface area contributed by atoms with Crippen LogP contribution in [0, 0.1) is 0 Å². The summed E-state index contributed by atoms with van der Waals surface area (Å²) >= 11 is 6.01. The summed E-state index contributed by atoms with van der Waals surface area (Å²) in [5, 5.41) is 11.6. The minimum Gasteiger partial charge on any atom is -0.495 e. The molecule has 1 aromatic heterocycles. The molecule has 0 bridgehead atoms. The molecule has 0 saturated heterocycles. The van der Waals surface area contributed by atoms with Crippen molar-refractivity contribution in [1.82, 2.24) is 15.0 Å². The highest BCUT2D eigenvalue weighted by Crippen LogP contribution is 2.29. The van der Waals surface area contributed by atoms with Gasteiger partial charge in [-0.1, -0.05) is 35.9 Å². The highest BCUT2D eigenvalue weighted by atomic mass is 35.5. The molecule has 0 aliphatic rings. The first-order chi connectivity index (χ1) is 11.6. The number of hydrogen-bond donors (Lipinski definition) is 1. The van der Waals surface area contributed by atoms with Crippen molar-refractivity contribution in [3.63, 3.8) is 0 Å². The van der Waals surface area contributed by atoms with Gasteiger partial charge in [0.15, 0.2) is 0 Å². The molecule has 124 valence electrons. The van der Waals surface area contributed by atoms with Crippen LogP contribution in [-0.4, -0.2) is 28.0 Å². The lowest BCUT2D eigenvalue weighted by molar-refractivity contribution is -0.119. The summed E-state index contributed by atoms with van der Waals surface area (Å²) in [5.74, 6) is 0.347. The van der Waals surface area contributed by atoms with Gasteiger partial charge in [0.1, 0.15) is 17.3 Å². The molecule has 0 radical (unpaired) electrons. The van der Waals surface area contributed by atoms with E-state index >= 15 is 0 Å². The quantitative estimate of drug-likeness (QED) is 0.766. The van der Waals surface area contributed by atoms with Gasteiger partial charge >= 0.3 is 0 Å². The minimum absolute atomic E-state index is 0.200. The topological polar surface area (TPSA) is 69.0 Å². The maximum absolute atomic E-state index is 12.8. The molecule has 1 unspecified atom stereocenters. The van der Waals surface area contributed by atoms with E-state index < -0.39 is 6.04 Å². The first-order valence-electron chi connectivity index (χ1n) is 7.58. The Morgan fingerprint density at radius 2 is 2.12 bits per heavy atom. The first kappa shape index (κ1) is 16.3. The number of carbonyl (C=O) groups is 1. The Labute approximate surface area is 144 Å². The number of ether oxygens (including phenoxy) is 1. The van der Waals surface area contributed by atoms with Gasteiger partial charge in [0, 0.05) is 5.02 Å². The van der Waals surface area contributed by atoms with Crippen molar-refractivity contribution in [3.8, 4) is 5.75 Å². The zero-order chi connectivity index (χ0) is 17.1. The summed E-state index contributed by atoms with van der Waals surface area (Å²) in [6.07, 6.45) is 0.571. The summed E-state index contributed by atoms with van der Waals surface area (Å²) < 4.78 is 6.91. The van der Waals surface area contributed by atoms with Crippen LogP contribution in [-0.2, 0) is 4.79 Å². The molecular weight excluding hydrogens is 328 g/mol. The Bertz CT molecular complexity index is 878. The summed E-state index contributed by atoms with van der Waals surface area (Å²) in [5.41, 5.74) is 2.10. The highest BCUT2D eigenvalue weighted by molar-refractivity contribution is 6.31. The van der Waals surface area contributed by atoms with Gasteiger partial charge in [-0.15, -0.1) is 5.10 Å². The van der Waals surface area contributed by atoms with Crippen LogP contribution in [0.3, 0.4) is 0 Å². The Morgan fingerprint density at radius 3 is 2.88 bits per heavy atom. The molecule has 0 fully saturated rings. The van der Waals surface area contributed by atoms with Crippen molar-refractivity contribution in [1.29, 1.82) is 0 Å². The highest BCUT2D eigenvalue weighted by Gasteiger charge is 2.23. The largest absolute Gasteiger partial charge is 0.495 e. The third kappa shape index (κ3) is 3.05. The van der Waals surface area contributed by atoms with Crippen molar-refractivity contribution < 1.29 is 9.53 Å². The van der Waals surface area contributed by atoms with E-state index in [1.165, 1.54) is 0 Å². The number of halogens is 1. The molecule has 2 aromatic carbocycles. The summed E-state index contributed by atoms with van der Waals surface area (Å²) in [4.78, 5) is 12.8. The average Bonchev–Trinajstić information content (AvgIpc) is 3.00. The molecular formula is C17H17ClN4O2. The van der Waals surface area contributed by atoms with Crippen molar-refractivity contribution >= 4 is 34.2 Å². The molecule has 7 heteroatoms. The van der Waals surface area contributed by atoms with Crippen LogP contribution >= 0.6 is 11.6 Å². The van der Waals surface area contributed by atoms with Crippen molar-refractivity contribution in [3.05, 3.63) is 47.5 Å². The van der Waals surface area contributed by atoms with E-state index in [1.807, 2.05) is 31.2 Å². The van der Waals surface area contributed by atoms with Gasteiger partial charge in [0.2, 0.25) is 5.91 Å². The second-order valence-electron chi connectivity index (χ2n) is 5.28. The van der Waals surface area contributed by atoms with Gasteiger partial charge in [0.25, 0.3) is 0 Å². The first-order valence-corrected chi connectivity index (χ1v) is 7.96. The fraction of sp³-hybridized carbons (Fsp3) is 0.235. The van der Waals surface area contributed by atoms with Crippen LogP contribution < -0.4 is 10.1 Å². The van der Waals surface area contributed by atoms with Gasteiger partial charge in [-0.25, -0.2) is 4.68 Å².